The van der Waals surface area contributed by atoms with E-state index in [1.165, 1.54) is 42.5 Å². The van der Waals surface area contributed by atoms with E-state index in [2.05, 4.69) is 25.8 Å². The Balaban J connectivity index is 1.66. The summed E-state index contributed by atoms with van der Waals surface area (Å²) in [6.07, 6.45) is 0.715. The Kier molecular flexibility index (Phi) is 8.55. The molecule has 0 saturated heterocycles. The van der Waals surface area contributed by atoms with Gasteiger partial charge in [0, 0.05) is 56.1 Å². The Morgan fingerprint density at radius 3 is 2.67 bits per heavy atom. The lowest BCUT2D eigenvalue weighted by Crippen LogP contribution is -2.53. The van der Waals surface area contributed by atoms with Crippen LogP contribution < -0.4 is 16.0 Å². The van der Waals surface area contributed by atoms with E-state index in [-0.39, 0.29) is 15.7 Å². The summed E-state index contributed by atoms with van der Waals surface area (Å²) in [7, 11) is 4.93. The minimum absolute atomic E-state index is 0.0815. The van der Waals surface area contributed by atoms with Crippen molar-refractivity contribution in [1.82, 2.24) is 25.4 Å². The summed E-state index contributed by atoms with van der Waals surface area (Å²) in [5.41, 5.74) is 0.131. The topological polar surface area (TPSA) is 167 Å². The van der Waals surface area contributed by atoms with Gasteiger partial charge in [0.1, 0.15) is 11.7 Å². The number of fused-ring (bicyclic) bond motifs is 1. The Morgan fingerprint density at radius 1 is 1.28 bits per heavy atom. The van der Waals surface area contributed by atoms with E-state index in [1.807, 2.05) is 7.05 Å². The minimum atomic E-state index is -1.19. The van der Waals surface area contributed by atoms with Gasteiger partial charge >= 0.3 is 11.8 Å². The van der Waals surface area contributed by atoms with Gasteiger partial charge in [0.15, 0.2) is 5.01 Å². The van der Waals surface area contributed by atoms with Crippen molar-refractivity contribution in [3.63, 3.8) is 0 Å². The molecule has 0 fully saturated rings. The van der Waals surface area contributed by atoms with E-state index in [0.29, 0.717) is 13.0 Å². The first-order valence-electron chi connectivity index (χ1n) is 10.7. The van der Waals surface area contributed by atoms with Crippen molar-refractivity contribution in [2.75, 3.05) is 39.5 Å². The molecule has 3 N–H and O–H groups in total. The Bertz CT molecular complexity index is 1220. The van der Waals surface area contributed by atoms with Crippen molar-refractivity contribution in [2.24, 2.45) is 0 Å². The number of hydrogen-bond acceptors (Lipinski definition) is 9. The summed E-state index contributed by atoms with van der Waals surface area (Å²) in [5.74, 6) is -3.44. The molecule has 1 aromatic heterocycles. The number of anilines is 1. The summed E-state index contributed by atoms with van der Waals surface area (Å²) in [5, 5.41) is 18.5. The minimum Gasteiger partial charge on any atom is -0.347 e. The summed E-state index contributed by atoms with van der Waals surface area (Å²) in [6, 6.07) is 2.36. The number of carbonyl (C=O) groups is 4. The highest BCUT2D eigenvalue weighted by Gasteiger charge is 2.28. The van der Waals surface area contributed by atoms with Crippen LogP contribution in [0.2, 0.25) is 5.02 Å². The first kappa shape index (κ1) is 27.0. The molecule has 1 unspecified atom stereocenters. The molecule has 15 heteroatoms. The van der Waals surface area contributed by atoms with Gasteiger partial charge < -0.3 is 25.8 Å². The molecule has 13 nitrogen and oxygen atoms in total. The third-order valence-electron chi connectivity index (χ3n) is 5.24. The Labute approximate surface area is 214 Å². The van der Waals surface area contributed by atoms with E-state index in [4.69, 9.17) is 11.6 Å². The van der Waals surface area contributed by atoms with Gasteiger partial charge in [-0.25, -0.2) is 4.98 Å². The lowest BCUT2D eigenvalue weighted by molar-refractivity contribution is -0.383. The highest BCUT2D eigenvalue weighted by atomic mass is 35.5. The highest BCUT2D eigenvalue weighted by Crippen LogP contribution is 2.27. The predicted octanol–water partition coefficient (Wildman–Crippen LogP) is 0.634. The second kappa shape index (κ2) is 11.4. The molecule has 1 aromatic carbocycles. The van der Waals surface area contributed by atoms with Crippen molar-refractivity contribution in [3.8, 4) is 0 Å². The molecule has 36 heavy (non-hydrogen) atoms. The van der Waals surface area contributed by atoms with Crippen LogP contribution in [0.25, 0.3) is 0 Å². The maximum atomic E-state index is 12.8. The zero-order valence-corrected chi connectivity index (χ0v) is 21.2. The molecule has 192 valence electrons. The first-order chi connectivity index (χ1) is 17.0. The number of hydrogen-bond donors (Lipinski definition) is 3. The van der Waals surface area contributed by atoms with Crippen LogP contribution in [-0.4, -0.2) is 83.6 Å². The van der Waals surface area contributed by atoms with Gasteiger partial charge in [-0.15, -0.1) is 11.3 Å². The summed E-state index contributed by atoms with van der Waals surface area (Å²) in [6.45, 7) is 1.11. The molecule has 4 amide bonds. The average molecular weight is 538 g/mol. The van der Waals surface area contributed by atoms with Crippen LogP contribution in [0, 0.1) is 10.1 Å². The number of thiazole rings is 1. The quantitative estimate of drug-likeness (QED) is 0.263. The predicted molar refractivity (Wildman–Crippen MR) is 132 cm³/mol. The Morgan fingerprint density at radius 2 is 2.00 bits per heavy atom. The van der Waals surface area contributed by atoms with Gasteiger partial charge in [-0.3, -0.25) is 29.3 Å². The fourth-order valence-electron chi connectivity index (χ4n) is 3.37. The zero-order valence-electron chi connectivity index (χ0n) is 19.7. The van der Waals surface area contributed by atoms with Crippen LogP contribution in [-0.2, 0) is 27.3 Å². The number of nitro benzene ring substituents is 1. The van der Waals surface area contributed by atoms with Crippen molar-refractivity contribution < 1.29 is 24.1 Å². The third-order valence-corrected chi connectivity index (χ3v) is 6.55. The molecule has 2 aromatic rings. The van der Waals surface area contributed by atoms with Crippen molar-refractivity contribution in [2.45, 2.75) is 19.0 Å². The lowest BCUT2D eigenvalue weighted by Gasteiger charge is -2.21. The van der Waals surface area contributed by atoms with Crippen LogP contribution in [0.4, 0.5) is 11.4 Å². The summed E-state index contributed by atoms with van der Waals surface area (Å²) < 4.78 is 0. The number of halogens is 1. The van der Waals surface area contributed by atoms with Gasteiger partial charge in [-0.05, 0) is 19.2 Å². The summed E-state index contributed by atoms with van der Waals surface area (Å²) in [4.78, 5) is 69.2. The van der Waals surface area contributed by atoms with Crippen LogP contribution in [0.15, 0.2) is 18.2 Å². The van der Waals surface area contributed by atoms with E-state index >= 15 is 0 Å². The molecule has 1 atom stereocenters. The molecule has 1 aliphatic heterocycles. The zero-order chi connectivity index (χ0) is 26.6. The lowest BCUT2D eigenvalue weighted by atomic mass is 10.2. The second-order valence-electron chi connectivity index (χ2n) is 8.22. The maximum Gasteiger partial charge on any atom is 0.313 e. The number of amides is 4. The fraction of sp³-hybridized carbons (Fsp3) is 0.381. The smallest absolute Gasteiger partial charge is 0.313 e. The SMILES string of the molecule is CN1CCc2nc(C(=O)NC(CNC(=O)C(=O)Nc3ccc(Cl)cc3[N+](=O)[O-])C(=O)N(C)C)sc2C1. The number of rotatable bonds is 7. The molecule has 0 bridgehead atoms. The molecular formula is C21H24ClN7O6S. The van der Waals surface area contributed by atoms with Crippen LogP contribution >= 0.6 is 22.9 Å². The first-order valence-corrected chi connectivity index (χ1v) is 11.9. The second-order valence-corrected chi connectivity index (χ2v) is 9.74. The number of aromatic nitrogens is 1. The van der Waals surface area contributed by atoms with Gasteiger partial charge in [-0.1, -0.05) is 11.6 Å². The van der Waals surface area contributed by atoms with Crippen LogP contribution in [0.3, 0.4) is 0 Å². The third kappa shape index (κ3) is 6.53. The monoisotopic (exact) mass is 537 g/mol. The van der Waals surface area contributed by atoms with Crippen LogP contribution in [0.1, 0.15) is 20.4 Å². The van der Waals surface area contributed by atoms with E-state index < -0.39 is 46.8 Å². The molecular weight excluding hydrogens is 514 g/mol. The van der Waals surface area contributed by atoms with E-state index in [9.17, 15) is 29.3 Å². The molecule has 0 radical (unpaired) electrons. The largest absolute Gasteiger partial charge is 0.347 e. The normalized spacial score (nSPS) is 13.8. The number of nitrogens with zero attached hydrogens (tertiary/aromatic N) is 4. The van der Waals surface area contributed by atoms with Gasteiger partial charge in [0.05, 0.1) is 10.6 Å². The molecule has 3 rings (SSSR count). The van der Waals surface area contributed by atoms with Crippen molar-refractivity contribution in [1.29, 1.82) is 0 Å². The molecule has 1 aliphatic rings. The Hall–Kier alpha value is -3.62. The van der Waals surface area contributed by atoms with Crippen molar-refractivity contribution >= 4 is 57.9 Å². The number of likely N-dealkylation sites (N-methyl/N-ethyl adjacent to an activating group) is 2. The number of benzene rings is 1. The summed E-state index contributed by atoms with van der Waals surface area (Å²) >= 11 is 6.99. The standard InChI is InChI=1S/C21H24ClN7O6S/c1-27(2)21(33)14(25-19(32)20-26-13-6-7-28(3)10-16(13)36-20)9-23-17(30)18(31)24-12-5-4-11(22)8-15(12)29(34)35/h4-5,8,14H,6-7,9-10H2,1-3H3,(H,23,30)(H,24,31)(H,25,32). The van der Waals surface area contributed by atoms with Crippen molar-refractivity contribution in [3.05, 3.63) is 48.9 Å². The van der Waals surface area contributed by atoms with Gasteiger partial charge in [-0.2, -0.15) is 0 Å². The van der Waals surface area contributed by atoms with Crippen LogP contribution in [0.5, 0.6) is 0 Å². The van der Waals surface area contributed by atoms with Gasteiger partial charge in [0.25, 0.3) is 11.6 Å². The number of nitro groups is 1. The molecule has 2 heterocycles. The fourth-order valence-corrected chi connectivity index (χ4v) is 4.63. The number of carbonyl (C=O) groups excluding carboxylic acids is 4. The highest BCUT2D eigenvalue weighted by molar-refractivity contribution is 7.13. The van der Waals surface area contributed by atoms with E-state index in [0.717, 1.165) is 23.2 Å². The molecule has 0 aliphatic carbocycles. The van der Waals surface area contributed by atoms with Gasteiger partial charge in [0.2, 0.25) is 5.91 Å². The van der Waals surface area contributed by atoms with E-state index in [1.54, 1.807) is 0 Å². The average Bonchev–Trinajstić information content (AvgIpc) is 3.25. The maximum absolute atomic E-state index is 12.8. The molecule has 0 spiro atoms. The molecule has 0 saturated carbocycles. The number of nitrogens with one attached hydrogen (secondary N) is 3.